The van der Waals surface area contributed by atoms with Crippen molar-refractivity contribution in [1.82, 2.24) is 4.72 Å². The number of sulfonamides is 1. The van der Waals surface area contributed by atoms with Crippen molar-refractivity contribution in [2.75, 3.05) is 13.2 Å². The first-order chi connectivity index (χ1) is 10.1. The van der Waals surface area contributed by atoms with Crippen molar-refractivity contribution in [2.24, 2.45) is 11.8 Å². The zero-order valence-corrected chi connectivity index (χ0v) is 12.6. The molecule has 1 aromatic rings. The molecule has 0 heterocycles. The number of nitriles is 1. The number of rotatable bonds is 6. The summed E-state index contributed by atoms with van der Waals surface area (Å²) in [6.45, 7) is 0.478. The summed E-state index contributed by atoms with van der Waals surface area (Å²) < 4.78 is 26.9. The van der Waals surface area contributed by atoms with Gasteiger partial charge in [-0.2, -0.15) is 5.26 Å². The standard InChI is InChI=1S/C15H20N2O3S/c16-8-12-4-1-2-5-15(12)11-21(19,20)17-9-13-6-3-7-14(13)10-18/h1-2,4-5,13-14,17-18H,3,6-7,9-11H2. The highest BCUT2D eigenvalue weighted by molar-refractivity contribution is 7.88. The lowest BCUT2D eigenvalue weighted by Gasteiger charge is -2.18. The Labute approximate surface area is 125 Å². The summed E-state index contributed by atoms with van der Waals surface area (Å²) in [6.07, 6.45) is 2.94. The van der Waals surface area contributed by atoms with Crippen LogP contribution in [0.3, 0.4) is 0 Å². The number of nitrogens with one attached hydrogen (secondary N) is 1. The molecular weight excluding hydrogens is 288 g/mol. The zero-order valence-electron chi connectivity index (χ0n) is 11.8. The van der Waals surface area contributed by atoms with Crippen molar-refractivity contribution >= 4 is 10.0 Å². The third-order valence-corrected chi connectivity index (χ3v) is 5.40. The molecule has 2 unspecified atom stereocenters. The molecule has 0 aromatic heterocycles. The number of aliphatic hydroxyl groups excluding tert-OH is 1. The van der Waals surface area contributed by atoms with Crippen LogP contribution in [0.2, 0.25) is 0 Å². The van der Waals surface area contributed by atoms with Crippen LogP contribution in [0.5, 0.6) is 0 Å². The highest BCUT2D eigenvalue weighted by Crippen LogP contribution is 2.30. The molecule has 5 nitrogen and oxygen atoms in total. The van der Waals surface area contributed by atoms with E-state index >= 15 is 0 Å². The lowest BCUT2D eigenvalue weighted by atomic mass is 9.97. The van der Waals surface area contributed by atoms with Crippen LogP contribution in [0.4, 0.5) is 0 Å². The minimum atomic E-state index is -3.47. The van der Waals surface area contributed by atoms with Gasteiger partial charge < -0.3 is 5.11 Å². The van der Waals surface area contributed by atoms with Gasteiger partial charge in [0.15, 0.2) is 0 Å². The third kappa shape index (κ3) is 4.27. The highest BCUT2D eigenvalue weighted by Gasteiger charge is 2.27. The van der Waals surface area contributed by atoms with E-state index in [1.165, 1.54) is 0 Å². The maximum absolute atomic E-state index is 12.1. The molecule has 0 radical (unpaired) electrons. The molecule has 0 saturated heterocycles. The van der Waals surface area contributed by atoms with Crippen LogP contribution in [0.25, 0.3) is 0 Å². The highest BCUT2D eigenvalue weighted by atomic mass is 32.2. The second-order valence-electron chi connectivity index (χ2n) is 5.51. The molecule has 0 spiro atoms. The molecule has 114 valence electrons. The normalized spacial score (nSPS) is 22.1. The molecule has 1 fully saturated rings. The molecule has 21 heavy (non-hydrogen) atoms. The maximum Gasteiger partial charge on any atom is 0.215 e. The van der Waals surface area contributed by atoms with Gasteiger partial charge in [-0.25, -0.2) is 13.1 Å². The fraction of sp³-hybridized carbons (Fsp3) is 0.533. The summed E-state index contributed by atoms with van der Waals surface area (Å²) in [5, 5.41) is 18.2. The summed E-state index contributed by atoms with van der Waals surface area (Å²) in [5.41, 5.74) is 0.898. The Balaban J connectivity index is 1.98. The van der Waals surface area contributed by atoms with E-state index < -0.39 is 10.0 Å². The Morgan fingerprint density at radius 3 is 2.71 bits per heavy atom. The van der Waals surface area contributed by atoms with Gasteiger partial charge in [-0.3, -0.25) is 0 Å². The van der Waals surface area contributed by atoms with Crippen molar-refractivity contribution in [3.05, 3.63) is 35.4 Å². The first-order valence-electron chi connectivity index (χ1n) is 7.12. The van der Waals surface area contributed by atoms with E-state index in [0.717, 1.165) is 19.3 Å². The SMILES string of the molecule is N#Cc1ccccc1CS(=O)(=O)NCC1CCCC1CO. The van der Waals surface area contributed by atoms with Gasteiger partial charge in [0.05, 0.1) is 17.4 Å². The fourth-order valence-electron chi connectivity index (χ4n) is 2.87. The second kappa shape index (κ2) is 7.03. The van der Waals surface area contributed by atoms with Crippen molar-refractivity contribution in [1.29, 1.82) is 5.26 Å². The maximum atomic E-state index is 12.1. The molecule has 0 bridgehead atoms. The van der Waals surface area contributed by atoms with Crippen LogP contribution in [0.15, 0.2) is 24.3 Å². The van der Waals surface area contributed by atoms with Gasteiger partial charge >= 0.3 is 0 Å². The molecule has 2 atom stereocenters. The lowest BCUT2D eigenvalue weighted by molar-refractivity contribution is 0.195. The Morgan fingerprint density at radius 1 is 1.29 bits per heavy atom. The van der Waals surface area contributed by atoms with Crippen LogP contribution < -0.4 is 4.72 Å². The van der Waals surface area contributed by atoms with E-state index in [-0.39, 0.29) is 24.2 Å². The summed E-state index contributed by atoms with van der Waals surface area (Å²) in [4.78, 5) is 0. The van der Waals surface area contributed by atoms with Crippen LogP contribution in [-0.2, 0) is 15.8 Å². The Kier molecular flexibility index (Phi) is 5.34. The average molecular weight is 308 g/mol. The molecule has 0 aliphatic heterocycles. The summed E-state index contributed by atoms with van der Waals surface area (Å²) in [5.74, 6) is 0.211. The van der Waals surface area contributed by atoms with Gasteiger partial charge in [0, 0.05) is 13.2 Å². The number of hydrogen-bond acceptors (Lipinski definition) is 4. The Morgan fingerprint density at radius 2 is 2.00 bits per heavy atom. The van der Waals surface area contributed by atoms with Crippen molar-refractivity contribution in [2.45, 2.75) is 25.0 Å². The average Bonchev–Trinajstić information content (AvgIpc) is 2.93. The van der Waals surface area contributed by atoms with Gasteiger partial charge in [0.2, 0.25) is 10.0 Å². The fourth-order valence-corrected chi connectivity index (χ4v) is 4.10. The summed E-state index contributed by atoms with van der Waals surface area (Å²) in [7, 11) is -3.47. The summed E-state index contributed by atoms with van der Waals surface area (Å²) >= 11 is 0. The molecule has 0 amide bonds. The predicted octanol–water partition coefficient (Wildman–Crippen LogP) is 1.39. The van der Waals surface area contributed by atoms with Crippen molar-refractivity contribution in [3.63, 3.8) is 0 Å². The van der Waals surface area contributed by atoms with Gasteiger partial charge in [-0.1, -0.05) is 24.6 Å². The molecule has 2 N–H and O–H groups in total. The van der Waals surface area contributed by atoms with Crippen LogP contribution in [-0.4, -0.2) is 26.7 Å². The number of hydrogen-bond donors (Lipinski definition) is 2. The molecular formula is C15H20N2O3S. The largest absolute Gasteiger partial charge is 0.396 e. The second-order valence-corrected chi connectivity index (χ2v) is 7.32. The van der Waals surface area contributed by atoms with Crippen molar-refractivity contribution < 1.29 is 13.5 Å². The quantitative estimate of drug-likeness (QED) is 0.831. The Bertz CT molecular complexity index is 622. The molecule has 1 saturated carbocycles. The van der Waals surface area contributed by atoms with Crippen LogP contribution in [0, 0.1) is 23.2 Å². The van der Waals surface area contributed by atoms with E-state index in [1.807, 2.05) is 6.07 Å². The van der Waals surface area contributed by atoms with Crippen LogP contribution in [0.1, 0.15) is 30.4 Å². The molecule has 1 aliphatic carbocycles. The van der Waals surface area contributed by atoms with E-state index in [0.29, 0.717) is 17.7 Å². The van der Waals surface area contributed by atoms with Gasteiger partial charge in [-0.05, 0) is 36.3 Å². The van der Waals surface area contributed by atoms with Gasteiger partial charge in [-0.15, -0.1) is 0 Å². The topological polar surface area (TPSA) is 90.2 Å². The minimum absolute atomic E-state index is 0.115. The first-order valence-corrected chi connectivity index (χ1v) is 8.77. The molecule has 1 aliphatic rings. The molecule has 1 aromatic carbocycles. The van der Waals surface area contributed by atoms with E-state index in [4.69, 9.17) is 5.26 Å². The van der Waals surface area contributed by atoms with Crippen LogP contribution >= 0.6 is 0 Å². The smallest absolute Gasteiger partial charge is 0.215 e. The number of nitrogens with zero attached hydrogens (tertiary/aromatic N) is 1. The summed E-state index contributed by atoms with van der Waals surface area (Å²) in [6, 6.07) is 8.72. The van der Waals surface area contributed by atoms with E-state index in [9.17, 15) is 13.5 Å². The third-order valence-electron chi connectivity index (χ3n) is 4.10. The van der Waals surface area contributed by atoms with Gasteiger partial charge in [0.1, 0.15) is 0 Å². The number of aliphatic hydroxyl groups is 1. The first kappa shape index (κ1) is 16.0. The van der Waals surface area contributed by atoms with Gasteiger partial charge in [0.25, 0.3) is 0 Å². The number of benzene rings is 1. The van der Waals surface area contributed by atoms with E-state index in [1.54, 1.807) is 24.3 Å². The monoisotopic (exact) mass is 308 g/mol. The minimum Gasteiger partial charge on any atom is -0.396 e. The molecule has 6 heteroatoms. The lowest BCUT2D eigenvalue weighted by Crippen LogP contribution is -2.32. The Hall–Kier alpha value is -1.42. The zero-order chi connectivity index (χ0) is 15.3. The molecule has 2 rings (SSSR count). The van der Waals surface area contributed by atoms with Crippen molar-refractivity contribution in [3.8, 4) is 6.07 Å². The van der Waals surface area contributed by atoms with E-state index in [2.05, 4.69) is 4.72 Å². The predicted molar refractivity (Wildman–Crippen MR) is 79.7 cm³/mol.